The van der Waals surface area contributed by atoms with Crippen molar-refractivity contribution in [1.29, 1.82) is 0 Å². The number of hydrogen-bond donors (Lipinski definition) is 0. The summed E-state index contributed by atoms with van der Waals surface area (Å²) in [5, 5.41) is 0. The Bertz CT molecular complexity index is 623. The van der Waals surface area contributed by atoms with Gasteiger partial charge in [0.25, 0.3) is 0 Å². The highest BCUT2D eigenvalue weighted by atomic mass is 15.1. The average molecular weight is 368 g/mol. The molecule has 2 saturated carbocycles. The molecule has 4 rings (SSSR count). The molecular formula is C26H41N. The van der Waals surface area contributed by atoms with Gasteiger partial charge in [-0.25, -0.2) is 0 Å². The van der Waals surface area contributed by atoms with Gasteiger partial charge >= 0.3 is 0 Å². The van der Waals surface area contributed by atoms with Gasteiger partial charge in [0.05, 0.1) is 0 Å². The third-order valence-corrected chi connectivity index (χ3v) is 7.46. The van der Waals surface area contributed by atoms with Crippen molar-refractivity contribution in [3.05, 3.63) is 35.4 Å². The third-order valence-electron chi connectivity index (χ3n) is 7.46. The van der Waals surface area contributed by atoms with Crippen molar-refractivity contribution in [2.24, 2.45) is 16.7 Å². The SMILES string of the molecule is CC1(C)CC(c2ccccc2C2CCCN(CC3CC3)CC2)CC(C)(C)C1. The van der Waals surface area contributed by atoms with Crippen LogP contribution in [0.1, 0.15) is 102 Å². The summed E-state index contributed by atoms with van der Waals surface area (Å²) in [5.74, 6) is 2.55. The first-order valence-electron chi connectivity index (χ1n) is 11.6. The molecule has 0 bridgehead atoms. The van der Waals surface area contributed by atoms with Crippen molar-refractivity contribution in [2.45, 2.75) is 90.9 Å². The van der Waals surface area contributed by atoms with Gasteiger partial charge in [-0.3, -0.25) is 0 Å². The summed E-state index contributed by atoms with van der Waals surface area (Å²) in [4.78, 5) is 2.77. The molecular weight excluding hydrogens is 326 g/mol. The minimum atomic E-state index is 0.462. The summed E-state index contributed by atoms with van der Waals surface area (Å²) in [6.07, 6.45) is 11.2. The summed E-state index contributed by atoms with van der Waals surface area (Å²) < 4.78 is 0. The van der Waals surface area contributed by atoms with Crippen LogP contribution in [-0.2, 0) is 0 Å². The van der Waals surface area contributed by atoms with Crippen LogP contribution in [0.15, 0.2) is 24.3 Å². The van der Waals surface area contributed by atoms with E-state index in [0.717, 1.165) is 17.8 Å². The van der Waals surface area contributed by atoms with E-state index in [9.17, 15) is 0 Å². The topological polar surface area (TPSA) is 3.24 Å². The zero-order valence-electron chi connectivity index (χ0n) is 18.3. The van der Waals surface area contributed by atoms with Crippen molar-refractivity contribution in [2.75, 3.05) is 19.6 Å². The number of likely N-dealkylation sites (tertiary alicyclic amines) is 1. The van der Waals surface area contributed by atoms with Gasteiger partial charge in [0.2, 0.25) is 0 Å². The first-order valence-corrected chi connectivity index (χ1v) is 11.6. The van der Waals surface area contributed by atoms with Crippen LogP contribution < -0.4 is 0 Å². The Morgan fingerprint density at radius 2 is 1.44 bits per heavy atom. The predicted molar refractivity (Wildman–Crippen MR) is 116 cm³/mol. The van der Waals surface area contributed by atoms with Gasteiger partial charge in [-0.2, -0.15) is 0 Å². The highest BCUT2D eigenvalue weighted by Crippen LogP contribution is 2.53. The van der Waals surface area contributed by atoms with E-state index < -0.39 is 0 Å². The minimum absolute atomic E-state index is 0.462. The Morgan fingerprint density at radius 1 is 0.815 bits per heavy atom. The Labute approximate surface area is 167 Å². The standard InChI is InChI=1S/C26H41N/c1-25(2)16-22(17-26(3,4)19-25)24-10-6-5-9-23(24)21-8-7-14-27(15-13-21)18-20-11-12-20/h5-6,9-10,20-22H,7-8,11-19H2,1-4H3. The fourth-order valence-corrected chi connectivity index (χ4v) is 6.64. The van der Waals surface area contributed by atoms with Crippen LogP contribution >= 0.6 is 0 Å². The second kappa shape index (κ2) is 7.54. The van der Waals surface area contributed by atoms with Crippen LogP contribution in [0.2, 0.25) is 0 Å². The van der Waals surface area contributed by atoms with Crippen molar-refractivity contribution in [3.63, 3.8) is 0 Å². The van der Waals surface area contributed by atoms with Gasteiger partial charge in [-0.05, 0) is 104 Å². The molecule has 1 aliphatic heterocycles. The smallest absolute Gasteiger partial charge is 0.000966 e. The highest BCUT2D eigenvalue weighted by molar-refractivity contribution is 5.34. The largest absolute Gasteiger partial charge is 0.303 e. The molecule has 1 unspecified atom stereocenters. The Hall–Kier alpha value is -0.820. The van der Waals surface area contributed by atoms with Gasteiger partial charge in [0.15, 0.2) is 0 Å². The van der Waals surface area contributed by atoms with Crippen LogP contribution in [0.4, 0.5) is 0 Å². The molecule has 1 heterocycles. The molecule has 1 heteroatoms. The monoisotopic (exact) mass is 367 g/mol. The molecule has 1 aromatic rings. The van der Waals surface area contributed by atoms with Crippen LogP contribution in [-0.4, -0.2) is 24.5 Å². The first-order chi connectivity index (χ1) is 12.8. The molecule has 3 fully saturated rings. The van der Waals surface area contributed by atoms with Gasteiger partial charge < -0.3 is 4.90 Å². The van der Waals surface area contributed by atoms with Crippen LogP contribution in [0.25, 0.3) is 0 Å². The zero-order chi connectivity index (χ0) is 19.1. The Balaban J connectivity index is 1.52. The second-order valence-corrected chi connectivity index (χ2v) is 11.6. The molecule has 0 N–H and O–H groups in total. The van der Waals surface area contributed by atoms with E-state index in [0.29, 0.717) is 10.8 Å². The van der Waals surface area contributed by atoms with Crippen molar-refractivity contribution < 1.29 is 0 Å². The molecule has 0 spiro atoms. The van der Waals surface area contributed by atoms with Crippen LogP contribution in [0, 0.1) is 16.7 Å². The predicted octanol–water partition coefficient (Wildman–Crippen LogP) is 6.99. The number of nitrogens with zero attached hydrogens (tertiary/aromatic N) is 1. The van der Waals surface area contributed by atoms with Crippen molar-refractivity contribution in [1.82, 2.24) is 4.90 Å². The number of benzene rings is 1. The maximum Gasteiger partial charge on any atom is 0.000966 e. The average Bonchev–Trinajstić information content (AvgIpc) is 3.40. The summed E-state index contributed by atoms with van der Waals surface area (Å²) in [6.45, 7) is 14.0. The molecule has 0 amide bonds. The molecule has 3 aliphatic rings. The molecule has 2 aliphatic carbocycles. The lowest BCUT2D eigenvalue weighted by Crippen LogP contribution is -2.33. The lowest BCUT2D eigenvalue weighted by atomic mass is 9.59. The molecule has 1 nitrogen and oxygen atoms in total. The summed E-state index contributed by atoms with van der Waals surface area (Å²) in [5.41, 5.74) is 4.32. The third kappa shape index (κ3) is 4.97. The maximum atomic E-state index is 2.77. The van der Waals surface area contributed by atoms with Gasteiger partial charge in [0.1, 0.15) is 0 Å². The van der Waals surface area contributed by atoms with E-state index in [4.69, 9.17) is 0 Å². The number of hydrogen-bond acceptors (Lipinski definition) is 1. The van der Waals surface area contributed by atoms with E-state index in [1.165, 1.54) is 71.0 Å². The molecule has 0 aromatic heterocycles. The highest BCUT2D eigenvalue weighted by Gasteiger charge is 2.40. The fourth-order valence-electron chi connectivity index (χ4n) is 6.64. The van der Waals surface area contributed by atoms with E-state index >= 15 is 0 Å². The van der Waals surface area contributed by atoms with E-state index in [-0.39, 0.29) is 0 Å². The van der Waals surface area contributed by atoms with Gasteiger partial charge in [-0.1, -0.05) is 52.0 Å². The van der Waals surface area contributed by atoms with E-state index in [2.05, 4.69) is 56.9 Å². The molecule has 1 aromatic carbocycles. The van der Waals surface area contributed by atoms with Crippen molar-refractivity contribution in [3.8, 4) is 0 Å². The summed E-state index contributed by atoms with van der Waals surface area (Å²) in [7, 11) is 0. The van der Waals surface area contributed by atoms with E-state index in [1.54, 1.807) is 11.1 Å². The summed E-state index contributed by atoms with van der Waals surface area (Å²) in [6, 6.07) is 9.55. The van der Waals surface area contributed by atoms with Crippen LogP contribution in [0.3, 0.4) is 0 Å². The Morgan fingerprint density at radius 3 is 2.07 bits per heavy atom. The summed E-state index contributed by atoms with van der Waals surface area (Å²) >= 11 is 0. The molecule has 0 radical (unpaired) electrons. The normalized spacial score (nSPS) is 29.4. The lowest BCUT2D eigenvalue weighted by Gasteiger charge is -2.46. The molecule has 1 saturated heterocycles. The lowest BCUT2D eigenvalue weighted by molar-refractivity contribution is 0.0964. The molecule has 27 heavy (non-hydrogen) atoms. The number of rotatable bonds is 4. The van der Waals surface area contributed by atoms with Crippen molar-refractivity contribution >= 4 is 0 Å². The Kier molecular flexibility index (Phi) is 5.45. The molecule has 150 valence electrons. The van der Waals surface area contributed by atoms with Gasteiger partial charge in [0, 0.05) is 6.54 Å². The maximum absolute atomic E-state index is 2.77. The van der Waals surface area contributed by atoms with Gasteiger partial charge in [-0.15, -0.1) is 0 Å². The van der Waals surface area contributed by atoms with E-state index in [1.807, 2.05) is 0 Å². The zero-order valence-corrected chi connectivity index (χ0v) is 18.3. The second-order valence-electron chi connectivity index (χ2n) is 11.6. The molecule has 1 atom stereocenters. The first kappa shape index (κ1) is 19.5. The van der Waals surface area contributed by atoms with Crippen LogP contribution in [0.5, 0.6) is 0 Å². The fraction of sp³-hybridized carbons (Fsp3) is 0.769. The minimum Gasteiger partial charge on any atom is -0.303 e. The quantitative estimate of drug-likeness (QED) is 0.554.